The molecule has 1 saturated heterocycles. The van der Waals surface area contributed by atoms with Crippen molar-refractivity contribution in [2.24, 2.45) is 11.1 Å². The normalized spacial score (nSPS) is 16.8. The zero-order valence-electron chi connectivity index (χ0n) is 15.1. The van der Waals surface area contributed by atoms with E-state index in [9.17, 15) is 4.79 Å². The van der Waals surface area contributed by atoms with Gasteiger partial charge in [-0.15, -0.1) is 12.4 Å². The third-order valence-corrected chi connectivity index (χ3v) is 5.97. The molecule has 0 bridgehead atoms. The molecule has 0 aliphatic carbocycles. The van der Waals surface area contributed by atoms with Gasteiger partial charge >= 0.3 is 0 Å². The molecule has 1 aromatic carbocycles. The number of rotatable bonds is 7. The molecule has 0 unspecified atom stereocenters. The predicted molar refractivity (Wildman–Crippen MR) is 106 cm³/mol. The maximum absolute atomic E-state index is 12.8. The summed E-state index contributed by atoms with van der Waals surface area (Å²) in [5.41, 5.74) is 6.55. The molecule has 1 aliphatic heterocycles. The van der Waals surface area contributed by atoms with Gasteiger partial charge in [-0.05, 0) is 43.4 Å². The summed E-state index contributed by atoms with van der Waals surface area (Å²) in [7, 11) is 0. The van der Waals surface area contributed by atoms with Crippen LogP contribution >= 0.6 is 24.0 Å². The fourth-order valence-electron chi connectivity index (χ4n) is 3.52. The van der Waals surface area contributed by atoms with Crippen molar-refractivity contribution in [1.82, 2.24) is 5.32 Å². The van der Waals surface area contributed by atoms with Crippen molar-refractivity contribution in [3.63, 3.8) is 0 Å². The minimum Gasteiger partial charge on any atom is -0.381 e. The number of carbonyl (C=O) groups is 1. The Morgan fingerprint density at radius 2 is 1.80 bits per heavy atom. The summed E-state index contributed by atoms with van der Waals surface area (Å²) >= 11 is 6.03. The van der Waals surface area contributed by atoms with Crippen LogP contribution in [-0.2, 0) is 14.9 Å². The predicted octanol–water partition coefficient (Wildman–Crippen LogP) is 3.69. The van der Waals surface area contributed by atoms with Gasteiger partial charge in [-0.1, -0.05) is 37.6 Å². The van der Waals surface area contributed by atoms with Crippen LogP contribution in [-0.4, -0.2) is 32.2 Å². The molecule has 1 aromatic rings. The van der Waals surface area contributed by atoms with E-state index in [2.05, 4.69) is 17.4 Å². The highest BCUT2D eigenvalue weighted by Gasteiger charge is 2.38. The van der Waals surface area contributed by atoms with Crippen LogP contribution in [0.25, 0.3) is 0 Å². The summed E-state index contributed by atoms with van der Waals surface area (Å²) in [5, 5.41) is 3.92. The molecular weight excluding hydrogens is 359 g/mol. The van der Waals surface area contributed by atoms with Gasteiger partial charge < -0.3 is 15.8 Å². The number of hydrogen-bond donors (Lipinski definition) is 2. The zero-order valence-corrected chi connectivity index (χ0v) is 16.7. The van der Waals surface area contributed by atoms with E-state index >= 15 is 0 Å². The molecule has 0 aromatic heterocycles. The number of amides is 1. The van der Waals surface area contributed by atoms with E-state index in [1.807, 2.05) is 26.0 Å². The van der Waals surface area contributed by atoms with Crippen LogP contribution in [0.5, 0.6) is 0 Å². The van der Waals surface area contributed by atoms with Crippen molar-refractivity contribution < 1.29 is 9.53 Å². The molecule has 0 saturated carbocycles. The Kier molecular flexibility index (Phi) is 8.69. The van der Waals surface area contributed by atoms with E-state index in [1.54, 1.807) is 0 Å². The van der Waals surface area contributed by atoms with Crippen molar-refractivity contribution in [2.45, 2.75) is 44.9 Å². The van der Waals surface area contributed by atoms with Gasteiger partial charge in [-0.25, -0.2) is 0 Å². The summed E-state index contributed by atoms with van der Waals surface area (Å²) in [6.07, 6.45) is 3.29. The highest BCUT2D eigenvalue weighted by Crippen LogP contribution is 2.35. The van der Waals surface area contributed by atoms with Gasteiger partial charge in [0.2, 0.25) is 5.91 Å². The quantitative estimate of drug-likeness (QED) is 0.748. The lowest BCUT2D eigenvalue weighted by Gasteiger charge is -2.39. The lowest BCUT2D eigenvalue weighted by molar-refractivity contribution is -0.131. The second kappa shape index (κ2) is 9.77. The molecule has 0 atom stereocenters. The Morgan fingerprint density at radius 3 is 2.28 bits per heavy atom. The molecule has 1 amide bonds. The smallest absolute Gasteiger partial charge is 0.227 e. The molecule has 4 nitrogen and oxygen atoms in total. The second-order valence-electron chi connectivity index (χ2n) is 6.77. The van der Waals surface area contributed by atoms with Gasteiger partial charge in [0.15, 0.2) is 0 Å². The van der Waals surface area contributed by atoms with Crippen LogP contribution in [0, 0.1) is 5.41 Å². The molecule has 142 valence electrons. The third kappa shape index (κ3) is 4.88. The topological polar surface area (TPSA) is 64.4 Å². The summed E-state index contributed by atoms with van der Waals surface area (Å²) in [6, 6.07) is 7.96. The number of carbonyl (C=O) groups excluding carboxylic acids is 1. The number of hydrogen-bond acceptors (Lipinski definition) is 3. The minimum atomic E-state index is -0.466. The van der Waals surface area contributed by atoms with Crippen molar-refractivity contribution >= 4 is 29.9 Å². The van der Waals surface area contributed by atoms with Crippen LogP contribution in [0.4, 0.5) is 0 Å². The zero-order chi connectivity index (χ0) is 17.6. The van der Waals surface area contributed by atoms with E-state index in [4.69, 9.17) is 22.1 Å². The first-order valence-electron chi connectivity index (χ1n) is 8.84. The summed E-state index contributed by atoms with van der Waals surface area (Å²) < 4.78 is 5.55. The number of nitrogens with two attached hydrogens (primary N) is 1. The average molecular weight is 389 g/mol. The molecule has 2 rings (SSSR count). The van der Waals surface area contributed by atoms with Gasteiger partial charge in [-0.3, -0.25) is 4.79 Å². The Balaban J connectivity index is 0.00000312. The van der Waals surface area contributed by atoms with Gasteiger partial charge in [0.25, 0.3) is 0 Å². The van der Waals surface area contributed by atoms with E-state index in [1.165, 1.54) is 5.56 Å². The van der Waals surface area contributed by atoms with Crippen molar-refractivity contribution in [3.8, 4) is 0 Å². The number of benzene rings is 1. The maximum Gasteiger partial charge on any atom is 0.227 e. The van der Waals surface area contributed by atoms with E-state index < -0.39 is 5.41 Å². The lowest BCUT2D eigenvalue weighted by Crippen LogP contribution is -2.51. The Labute approximate surface area is 162 Å². The highest BCUT2D eigenvalue weighted by molar-refractivity contribution is 6.30. The average Bonchev–Trinajstić information content (AvgIpc) is 2.63. The molecular formula is C19H30Cl2N2O2. The highest BCUT2D eigenvalue weighted by atomic mass is 35.5. The standard InChI is InChI=1S/C19H29ClN2O2.ClH/c1-3-18(4-2,13-21)17(23)22-14-19(9-11-24-12-10-19)15-5-7-16(20)8-6-15;/h5-8H,3-4,9-14,21H2,1-2H3,(H,22,23);1H. The fraction of sp³-hybridized carbons (Fsp3) is 0.632. The van der Waals surface area contributed by atoms with Crippen LogP contribution in [0.15, 0.2) is 24.3 Å². The van der Waals surface area contributed by atoms with Gasteiger partial charge in [-0.2, -0.15) is 0 Å². The minimum absolute atomic E-state index is 0. The molecule has 25 heavy (non-hydrogen) atoms. The van der Waals surface area contributed by atoms with Crippen LogP contribution in [0.2, 0.25) is 5.02 Å². The van der Waals surface area contributed by atoms with Gasteiger partial charge in [0.05, 0.1) is 5.41 Å². The third-order valence-electron chi connectivity index (χ3n) is 5.72. The van der Waals surface area contributed by atoms with Crippen molar-refractivity contribution in [3.05, 3.63) is 34.9 Å². The molecule has 0 spiro atoms. The Bertz CT molecular complexity index is 531. The molecule has 1 heterocycles. The summed E-state index contributed by atoms with van der Waals surface area (Å²) in [5.74, 6) is 0.0647. The Morgan fingerprint density at radius 1 is 1.24 bits per heavy atom. The summed E-state index contributed by atoms with van der Waals surface area (Å²) in [6.45, 7) is 6.46. The first kappa shape index (κ1) is 22.2. The molecule has 1 aliphatic rings. The molecule has 6 heteroatoms. The van der Waals surface area contributed by atoms with Crippen LogP contribution < -0.4 is 11.1 Å². The molecule has 1 fully saturated rings. The van der Waals surface area contributed by atoms with Crippen LogP contribution in [0.3, 0.4) is 0 Å². The lowest BCUT2D eigenvalue weighted by atomic mass is 9.73. The second-order valence-corrected chi connectivity index (χ2v) is 7.21. The van der Waals surface area contributed by atoms with E-state index in [-0.39, 0.29) is 23.7 Å². The van der Waals surface area contributed by atoms with Gasteiger partial charge in [0.1, 0.15) is 0 Å². The van der Waals surface area contributed by atoms with E-state index in [0.29, 0.717) is 26.3 Å². The maximum atomic E-state index is 12.8. The first-order chi connectivity index (χ1) is 11.5. The number of nitrogens with one attached hydrogen (secondary N) is 1. The SMILES string of the molecule is CCC(CC)(CN)C(=O)NCC1(c2ccc(Cl)cc2)CCOCC1.Cl. The largest absolute Gasteiger partial charge is 0.381 e. The molecule has 3 N–H and O–H groups in total. The van der Waals surface area contributed by atoms with Crippen LogP contribution in [0.1, 0.15) is 45.1 Å². The number of halogens is 2. The van der Waals surface area contributed by atoms with Crippen molar-refractivity contribution in [1.29, 1.82) is 0 Å². The van der Waals surface area contributed by atoms with Gasteiger partial charge in [0, 0.05) is 36.7 Å². The van der Waals surface area contributed by atoms with Crippen molar-refractivity contribution in [2.75, 3.05) is 26.3 Å². The van der Waals surface area contributed by atoms with E-state index in [0.717, 1.165) is 30.7 Å². The monoisotopic (exact) mass is 388 g/mol. The fourth-order valence-corrected chi connectivity index (χ4v) is 3.65. The Hall–Kier alpha value is -0.810. The summed E-state index contributed by atoms with van der Waals surface area (Å²) in [4.78, 5) is 12.8. The first-order valence-corrected chi connectivity index (χ1v) is 9.22. The molecule has 0 radical (unpaired) electrons. The number of ether oxygens (including phenoxy) is 1.